The maximum absolute atomic E-state index is 10.1. The van der Waals surface area contributed by atoms with E-state index in [4.69, 9.17) is 10.5 Å². The first-order valence-electron chi connectivity index (χ1n) is 6.98. The third-order valence-corrected chi connectivity index (χ3v) is 3.83. The number of ether oxygens (including phenoxy) is 1. The van der Waals surface area contributed by atoms with Gasteiger partial charge in [0.15, 0.2) is 0 Å². The average molecular weight is 269 g/mol. The lowest BCUT2D eigenvalue weighted by atomic mass is 10.1. The Morgan fingerprint density at radius 1 is 1.20 bits per heavy atom. The van der Waals surface area contributed by atoms with Crippen LogP contribution < -0.4 is 10.5 Å². The number of benzene rings is 2. The highest BCUT2D eigenvalue weighted by atomic mass is 16.5. The lowest BCUT2D eigenvalue weighted by Gasteiger charge is -2.13. The summed E-state index contributed by atoms with van der Waals surface area (Å²) in [6, 6.07) is 15.7. The Kier molecular flexibility index (Phi) is 3.72. The van der Waals surface area contributed by atoms with Crippen LogP contribution in [0, 0.1) is 0 Å². The van der Waals surface area contributed by atoms with E-state index < -0.39 is 6.10 Å². The molecule has 0 spiro atoms. The van der Waals surface area contributed by atoms with Crippen LogP contribution in [0.15, 0.2) is 48.5 Å². The van der Waals surface area contributed by atoms with Gasteiger partial charge in [0, 0.05) is 6.04 Å². The van der Waals surface area contributed by atoms with E-state index in [2.05, 4.69) is 0 Å². The normalized spacial score (nSPS) is 18.6. The van der Waals surface area contributed by atoms with Crippen molar-refractivity contribution in [2.45, 2.75) is 25.0 Å². The minimum absolute atomic E-state index is 0.161. The Bertz CT molecular complexity index is 583. The van der Waals surface area contributed by atoms with Gasteiger partial charge in [-0.2, -0.15) is 0 Å². The summed E-state index contributed by atoms with van der Waals surface area (Å²) < 4.78 is 5.69. The van der Waals surface area contributed by atoms with E-state index in [-0.39, 0.29) is 12.6 Å². The van der Waals surface area contributed by atoms with Crippen molar-refractivity contribution >= 4 is 0 Å². The number of hydrogen-bond acceptors (Lipinski definition) is 3. The van der Waals surface area contributed by atoms with Crippen molar-refractivity contribution in [3.8, 4) is 5.75 Å². The van der Waals surface area contributed by atoms with Crippen molar-refractivity contribution in [3.05, 3.63) is 65.2 Å². The standard InChI is InChI=1S/C17H19NO2/c18-16-9-6-13-10-14(7-8-15(13)16)20-11-17(19)12-4-2-1-3-5-12/h1-5,7-8,10,16-17,19H,6,9,11,18H2. The molecule has 2 aromatic rings. The molecule has 3 nitrogen and oxygen atoms in total. The van der Waals surface area contributed by atoms with Gasteiger partial charge < -0.3 is 15.6 Å². The van der Waals surface area contributed by atoms with E-state index in [9.17, 15) is 5.11 Å². The average Bonchev–Trinajstić information content (AvgIpc) is 2.87. The van der Waals surface area contributed by atoms with Crippen LogP contribution in [0.5, 0.6) is 5.75 Å². The molecule has 2 atom stereocenters. The zero-order chi connectivity index (χ0) is 13.9. The molecule has 0 bridgehead atoms. The molecular weight excluding hydrogens is 250 g/mol. The molecule has 3 heteroatoms. The van der Waals surface area contributed by atoms with Crippen LogP contribution in [0.1, 0.15) is 35.3 Å². The molecule has 104 valence electrons. The van der Waals surface area contributed by atoms with Gasteiger partial charge in [0.05, 0.1) is 0 Å². The quantitative estimate of drug-likeness (QED) is 0.897. The first-order chi connectivity index (χ1) is 9.74. The smallest absolute Gasteiger partial charge is 0.119 e. The number of aliphatic hydroxyl groups excluding tert-OH is 1. The van der Waals surface area contributed by atoms with Crippen LogP contribution in [-0.4, -0.2) is 11.7 Å². The molecular formula is C17H19NO2. The number of fused-ring (bicyclic) bond motifs is 1. The van der Waals surface area contributed by atoms with E-state index in [0.29, 0.717) is 0 Å². The SMILES string of the molecule is NC1CCc2cc(OCC(O)c3ccccc3)ccc21. The minimum atomic E-state index is -0.605. The first-order valence-corrected chi connectivity index (χ1v) is 6.98. The van der Waals surface area contributed by atoms with Gasteiger partial charge in [-0.15, -0.1) is 0 Å². The number of rotatable bonds is 4. The van der Waals surface area contributed by atoms with Crippen molar-refractivity contribution in [2.75, 3.05) is 6.61 Å². The summed E-state index contributed by atoms with van der Waals surface area (Å²) in [5.74, 6) is 0.799. The van der Waals surface area contributed by atoms with Gasteiger partial charge in [0.1, 0.15) is 18.5 Å². The molecule has 0 saturated heterocycles. The summed E-state index contributed by atoms with van der Waals surface area (Å²) >= 11 is 0. The van der Waals surface area contributed by atoms with Crippen LogP contribution in [0.3, 0.4) is 0 Å². The summed E-state index contributed by atoms with van der Waals surface area (Å²) in [5, 5.41) is 10.1. The van der Waals surface area contributed by atoms with Gasteiger partial charge in [-0.3, -0.25) is 0 Å². The number of aryl methyl sites for hydroxylation is 1. The Morgan fingerprint density at radius 2 is 2.00 bits per heavy atom. The summed E-state index contributed by atoms with van der Waals surface area (Å²) in [6.45, 7) is 0.259. The predicted molar refractivity (Wildman–Crippen MR) is 78.6 cm³/mol. The van der Waals surface area contributed by atoms with Crippen molar-refractivity contribution in [1.29, 1.82) is 0 Å². The van der Waals surface area contributed by atoms with Crippen LogP contribution >= 0.6 is 0 Å². The highest BCUT2D eigenvalue weighted by molar-refractivity contribution is 5.40. The van der Waals surface area contributed by atoms with Gasteiger partial charge in [0.25, 0.3) is 0 Å². The topological polar surface area (TPSA) is 55.5 Å². The first kappa shape index (κ1) is 13.2. The van der Waals surface area contributed by atoms with Crippen molar-refractivity contribution in [2.24, 2.45) is 5.73 Å². The molecule has 0 saturated carbocycles. The van der Waals surface area contributed by atoms with Gasteiger partial charge in [-0.1, -0.05) is 36.4 Å². The minimum Gasteiger partial charge on any atom is -0.491 e. The summed E-state index contributed by atoms with van der Waals surface area (Å²) in [7, 11) is 0. The maximum Gasteiger partial charge on any atom is 0.119 e. The molecule has 0 aliphatic heterocycles. The Balaban J connectivity index is 1.64. The van der Waals surface area contributed by atoms with Crippen LogP contribution in [-0.2, 0) is 6.42 Å². The van der Waals surface area contributed by atoms with E-state index in [1.165, 1.54) is 11.1 Å². The Hall–Kier alpha value is -1.84. The van der Waals surface area contributed by atoms with Gasteiger partial charge in [0.2, 0.25) is 0 Å². The maximum atomic E-state index is 10.1. The Morgan fingerprint density at radius 3 is 2.80 bits per heavy atom. The molecule has 0 radical (unpaired) electrons. The van der Waals surface area contributed by atoms with Gasteiger partial charge in [-0.25, -0.2) is 0 Å². The molecule has 2 unspecified atom stereocenters. The fraction of sp³-hybridized carbons (Fsp3) is 0.294. The predicted octanol–water partition coefficient (Wildman–Crippen LogP) is 2.75. The molecule has 20 heavy (non-hydrogen) atoms. The number of nitrogens with two attached hydrogens (primary N) is 1. The van der Waals surface area contributed by atoms with E-state index in [0.717, 1.165) is 24.2 Å². The molecule has 1 aliphatic rings. The second-order valence-electron chi connectivity index (χ2n) is 5.24. The van der Waals surface area contributed by atoms with Crippen molar-refractivity contribution in [1.82, 2.24) is 0 Å². The monoisotopic (exact) mass is 269 g/mol. The van der Waals surface area contributed by atoms with Crippen LogP contribution in [0.4, 0.5) is 0 Å². The van der Waals surface area contributed by atoms with Crippen LogP contribution in [0.2, 0.25) is 0 Å². The number of aliphatic hydroxyl groups is 1. The molecule has 3 rings (SSSR count). The third kappa shape index (κ3) is 2.69. The third-order valence-electron chi connectivity index (χ3n) is 3.83. The molecule has 0 amide bonds. The second-order valence-corrected chi connectivity index (χ2v) is 5.24. The summed E-state index contributed by atoms with van der Waals surface area (Å²) in [4.78, 5) is 0. The lowest BCUT2D eigenvalue weighted by Crippen LogP contribution is -2.10. The number of hydrogen-bond donors (Lipinski definition) is 2. The highest BCUT2D eigenvalue weighted by Crippen LogP contribution is 2.32. The fourth-order valence-corrected chi connectivity index (χ4v) is 2.66. The second kappa shape index (κ2) is 5.65. The zero-order valence-corrected chi connectivity index (χ0v) is 11.3. The lowest BCUT2D eigenvalue weighted by molar-refractivity contribution is 0.108. The van der Waals surface area contributed by atoms with E-state index in [1.54, 1.807) is 0 Å². The molecule has 1 aliphatic carbocycles. The van der Waals surface area contributed by atoms with Gasteiger partial charge in [-0.05, 0) is 41.7 Å². The van der Waals surface area contributed by atoms with Crippen molar-refractivity contribution in [3.63, 3.8) is 0 Å². The molecule has 2 aromatic carbocycles. The fourth-order valence-electron chi connectivity index (χ4n) is 2.66. The van der Waals surface area contributed by atoms with E-state index in [1.807, 2.05) is 48.5 Å². The van der Waals surface area contributed by atoms with E-state index >= 15 is 0 Å². The molecule has 0 heterocycles. The highest BCUT2D eigenvalue weighted by Gasteiger charge is 2.19. The zero-order valence-electron chi connectivity index (χ0n) is 11.3. The van der Waals surface area contributed by atoms with Crippen LogP contribution in [0.25, 0.3) is 0 Å². The van der Waals surface area contributed by atoms with Gasteiger partial charge >= 0.3 is 0 Å². The van der Waals surface area contributed by atoms with Crippen molar-refractivity contribution < 1.29 is 9.84 Å². The molecule has 0 aromatic heterocycles. The molecule has 3 N–H and O–H groups in total. The Labute approximate surface area is 119 Å². The largest absolute Gasteiger partial charge is 0.491 e. The molecule has 0 fully saturated rings. The summed E-state index contributed by atoms with van der Waals surface area (Å²) in [5.41, 5.74) is 9.38. The summed E-state index contributed by atoms with van der Waals surface area (Å²) in [6.07, 6.45) is 1.41.